The van der Waals surface area contributed by atoms with Crippen LogP contribution < -0.4 is 22.3 Å². The minimum atomic E-state index is -0.302. The van der Waals surface area contributed by atoms with E-state index in [0.29, 0.717) is 36.2 Å². The number of nitrogen functional groups attached to an aromatic ring is 1. The summed E-state index contributed by atoms with van der Waals surface area (Å²) in [6.07, 6.45) is 2.90. The first kappa shape index (κ1) is 13.5. The average molecular weight is 256 g/mol. The van der Waals surface area contributed by atoms with Gasteiger partial charge in [0.2, 0.25) is 5.91 Å². The summed E-state index contributed by atoms with van der Waals surface area (Å²) in [6, 6.07) is 1.70. The van der Waals surface area contributed by atoms with Crippen molar-refractivity contribution in [2.75, 3.05) is 23.5 Å². The van der Waals surface area contributed by atoms with Gasteiger partial charge in [0.1, 0.15) is 11.6 Å². The average Bonchev–Trinajstić information content (AvgIpc) is 2.34. The molecule has 1 aromatic rings. The Kier molecular flexibility index (Phi) is 5.50. The number of hydrazine groups is 1. The summed E-state index contributed by atoms with van der Waals surface area (Å²) in [5, 5.41) is 3.70. The van der Waals surface area contributed by atoms with E-state index >= 15 is 0 Å². The lowest BCUT2D eigenvalue weighted by Gasteiger charge is -2.08. The maximum Gasteiger partial charge on any atom is 0.217 e. The molecular weight excluding hydrogens is 240 g/mol. The highest BCUT2D eigenvalue weighted by molar-refractivity contribution is 7.98. The number of anilines is 2. The molecule has 1 amide bonds. The molecule has 17 heavy (non-hydrogen) atoms. The van der Waals surface area contributed by atoms with Crippen LogP contribution in [-0.4, -0.2) is 28.7 Å². The van der Waals surface area contributed by atoms with Crippen LogP contribution in [0.15, 0.2) is 11.2 Å². The fourth-order valence-electron chi connectivity index (χ4n) is 1.16. The molecule has 0 aliphatic heterocycles. The molecule has 0 unspecified atom stereocenters. The minimum absolute atomic E-state index is 0.302. The monoisotopic (exact) mass is 256 g/mol. The van der Waals surface area contributed by atoms with Gasteiger partial charge in [-0.3, -0.25) is 4.79 Å². The van der Waals surface area contributed by atoms with Crippen LogP contribution in [0.3, 0.4) is 0 Å². The van der Waals surface area contributed by atoms with Crippen molar-refractivity contribution in [1.82, 2.24) is 9.97 Å². The SMILES string of the molecule is CSc1nc(NN)cc(NCCCC(N)=O)n1. The molecule has 1 aromatic heterocycles. The molecule has 94 valence electrons. The summed E-state index contributed by atoms with van der Waals surface area (Å²) < 4.78 is 0. The molecule has 1 heterocycles. The molecule has 0 saturated carbocycles. The van der Waals surface area contributed by atoms with Crippen LogP contribution in [0.25, 0.3) is 0 Å². The van der Waals surface area contributed by atoms with Gasteiger partial charge in [-0.25, -0.2) is 15.8 Å². The van der Waals surface area contributed by atoms with Gasteiger partial charge in [-0.15, -0.1) is 0 Å². The number of thioether (sulfide) groups is 1. The molecule has 8 heteroatoms. The summed E-state index contributed by atoms with van der Waals surface area (Å²) in [5.41, 5.74) is 7.51. The topological polar surface area (TPSA) is 119 Å². The van der Waals surface area contributed by atoms with Crippen LogP contribution >= 0.6 is 11.8 Å². The number of nitrogens with zero attached hydrogens (tertiary/aromatic N) is 2. The van der Waals surface area contributed by atoms with E-state index in [-0.39, 0.29) is 5.91 Å². The third-order valence-corrected chi connectivity index (χ3v) is 2.49. The van der Waals surface area contributed by atoms with Gasteiger partial charge in [-0.2, -0.15) is 0 Å². The fourth-order valence-corrected chi connectivity index (χ4v) is 1.54. The fraction of sp³-hybridized carbons (Fsp3) is 0.444. The van der Waals surface area contributed by atoms with Crippen molar-refractivity contribution in [3.8, 4) is 0 Å². The number of nitrogens with two attached hydrogens (primary N) is 2. The molecule has 1 rings (SSSR count). The van der Waals surface area contributed by atoms with Crippen LogP contribution in [0, 0.1) is 0 Å². The highest BCUT2D eigenvalue weighted by Gasteiger charge is 2.02. The first-order valence-corrected chi connectivity index (χ1v) is 6.30. The Morgan fingerprint density at radius 3 is 2.76 bits per heavy atom. The Morgan fingerprint density at radius 2 is 2.18 bits per heavy atom. The van der Waals surface area contributed by atoms with Gasteiger partial charge in [0.15, 0.2) is 5.16 Å². The van der Waals surface area contributed by atoms with Gasteiger partial charge in [0.05, 0.1) is 0 Å². The minimum Gasteiger partial charge on any atom is -0.370 e. The number of rotatable bonds is 7. The Balaban J connectivity index is 2.54. The molecule has 0 fully saturated rings. The lowest BCUT2D eigenvalue weighted by atomic mass is 10.3. The predicted octanol–water partition coefficient (Wildman–Crippen LogP) is 0.162. The maximum atomic E-state index is 10.6. The standard InChI is InChI=1S/C9H16N6OS/c1-17-9-13-7(5-8(14-9)15-11)12-4-2-3-6(10)16/h5H,2-4,11H2,1H3,(H2,10,16)(H2,12,13,14,15). The lowest BCUT2D eigenvalue weighted by molar-refractivity contribution is -0.118. The first-order valence-electron chi connectivity index (χ1n) is 5.07. The molecule has 0 saturated heterocycles. The third kappa shape index (κ3) is 4.87. The van der Waals surface area contributed by atoms with Crippen LogP contribution in [0.1, 0.15) is 12.8 Å². The van der Waals surface area contributed by atoms with Crippen molar-refractivity contribution >= 4 is 29.3 Å². The number of carbonyl (C=O) groups excluding carboxylic acids is 1. The molecule has 0 aliphatic carbocycles. The van der Waals surface area contributed by atoms with Crippen molar-refractivity contribution in [2.24, 2.45) is 11.6 Å². The van der Waals surface area contributed by atoms with Gasteiger partial charge in [-0.1, -0.05) is 11.8 Å². The van der Waals surface area contributed by atoms with Crippen LogP contribution in [0.4, 0.5) is 11.6 Å². The van der Waals surface area contributed by atoms with Gasteiger partial charge in [0.25, 0.3) is 0 Å². The molecule has 0 radical (unpaired) electrons. The second-order valence-corrected chi connectivity index (χ2v) is 4.04. The van der Waals surface area contributed by atoms with E-state index in [2.05, 4.69) is 20.7 Å². The summed E-state index contributed by atoms with van der Waals surface area (Å²) in [5.74, 6) is 6.21. The summed E-state index contributed by atoms with van der Waals surface area (Å²) in [6.45, 7) is 0.623. The molecular formula is C9H16N6OS. The molecule has 0 bridgehead atoms. The summed E-state index contributed by atoms with van der Waals surface area (Å²) >= 11 is 1.42. The smallest absolute Gasteiger partial charge is 0.217 e. The zero-order chi connectivity index (χ0) is 12.7. The Morgan fingerprint density at radius 1 is 1.47 bits per heavy atom. The number of primary amides is 1. The number of amides is 1. The molecule has 6 N–H and O–H groups in total. The summed E-state index contributed by atoms with van der Waals surface area (Å²) in [7, 11) is 0. The first-order chi connectivity index (χ1) is 8.15. The number of nitrogens with one attached hydrogen (secondary N) is 2. The van der Waals surface area contributed by atoms with E-state index < -0.39 is 0 Å². The van der Waals surface area contributed by atoms with Crippen LogP contribution in [0.5, 0.6) is 0 Å². The van der Waals surface area contributed by atoms with E-state index in [1.54, 1.807) is 6.07 Å². The normalized spacial score (nSPS) is 10.0. The molecule has 0 atom stereocenters. The molecule has 7 nitrogen and oxygen atoms in total. The Bertz CT molecular complexity index is 363. The van der Waals surface area contributed by atoms with Crippen molar-refractivity contribution in [2.45, 2.75) is 18.0 Å². The van der Waals surface area contributed by atoms with E-state index in [4.69, 9.17) is 11.6 Å². The highest BCUT2D eigenvalue weighted by atomic mass is 32.2. The highest BCUT2D eigenvalue weighted by Crippen LogP contribution is 2.16. The van der Waals surface area contributed by atoms with E-state index in [1.165, 1.54) is 11.8 Å². The zero-order valence-corrected chi connectivity index (χ0v) is 10.4. The number of hydrogen-bond acceptors (Lipinski definition) is 7. The van der Waals surface area contributed by atoms with Gasteiger partial charge < -0.3 is 16.5 Å². The molecule has 0 aliphatic rings. The van der Waals surface area contributed by atoms with E-state index in [9.17, 15) is 4.79 Å². The zero-order valence-electron chi connectivity index (χ0n) is 9.56. The van der Waals surface area contributed by atoms with Crippen molar-refractivity contribution < 1.29 is 4.79 Å². The quantitative estimate of drug-likeness (QED) is 0.180. The van der Waals surface area contributed by atoms with Gasteiger partial charge >= 0.3 is 0 Å². The molecule has 0 spiro atoms. The number of carbonyl (C=O) groups is 1. The largest absolute Gasteiger partial charge is 0.370 e. The third-order valence-electron chi connectivity index (χ3n) is 1.94. The van der Waals surface area contributed by atoms with Crippen molar-refractivity contribution in [3.63, 3.8) is 0 Å². The van der Waals surface area contributed by atoms with Crippen molar-refractivity contribution in [3.05, 3.63) is 6.07 Å². The van der Waals surface area contributed by atoms with E-state index in [1.807, 2.05) is 6.26 Å². The second kappa shape index (κ2) is 6.92. The van der Waals surface area contributed by atoms with Crippen molar-refractivity contribution in [1.29, 1.82) is 0 Å². The predicted molar refractivity (Wildman–Crippen MR) is 68.5 cm³/mol. The van der Waals surface area contributed by atoms with Crippen LogP contribution in [-0.2, 0) is 4.79 Å². The second-order valence-electron chi connectivity index (χ2n) is 3.27. The van der Waals surface area contributed by atoms with Gasteiger partial charge in [-0.05, 0) is 12.7 Å². The van der Waals surface area contributed by atoms with Gasteiger partial charge in [0, 0.05) is 19.0 Å². The molecule has 0 aromatic carbocycles. The van der Waals surface area contributed by atoms with E-state index in [0.717, 1.165) is 0 Å². The Labute approximate surface area is 104 Å². The summed E-state index contributed by atoms with van der Waals surface area (Å²) in [4.78, 5) is 18.9. The maximum absolute atomic E-state index is 10.6. The lowest BCUT2D eigenvalue weighted by Crippen LogP contribution is -2.14. The van der Waals surface area contributed by atoms with Crippen LogP contribution in [0.2, 0.25) is 0 Å². The number of hydrogen-bond donors (Lipinski definition) is 4. The number of aromatic nitrogens is 2. The Hall–Kier alpha value is -1.54.